The summed E-state index contributed by atoms with van der Waals surface area (Å²) in [5.74, 6) is -0.585. The Bertz CT molecular complexity index is 1680. The Morgan fingerprint density at radius 2 is 0.780 bits per heavy atom. The molecule has 3 unspecified atom stereocenters. The third kappa shape index (κ3) is 61.7. The number of hydrogen-bond donors (Lipinski definition) is 1. The summed E-state index contributed by atoms with van der Waals surface area (Å²) >= 11 is 0. The largest absolute Gasteiger partial charge is 0.756 e. The second-order valence-corrected chi connectivity index (χ2v) is 25.9. The molecule has 0 aliphatic heterocycles. The lowest BCUT2D eigenvalue weighted by Crippen LogP contribution is -2.47. The highest BCUT2D eigenvalue weighted by atomic mass is 31.2. The van der Waals surface area contributed by atoms with Gasteiger partial charge in [0.1, 0.15) is 19.3 Å². The van der Waals surface area contributed by atoms with Crippen LogP contribution in [0.25, 0.3) is 0 Å². The number of likely N-dealkylation sites (N-methyl/N-ethyl adjacent to an activating group) is 1. The van der Waals surface area contributed by atoms with Crippen LogP contribution < -0.4 is 10.2 Å². The van der Waals surface area contributed by atoms with Crippen molar-refractivity contribution >= 4 is 19.7 Å². The molecule has 476 valence electrons. The molecule has 0 fully saturated rings. The van der Waals surface area contributed by atoms with Gasteiger partial charge in [-0.1, -0.05) is 331 Å². The average molecular weight is 1170 g/mol. The molecular formula is C72H131N2O7P. The number of nitrogens with zero attached hydrogens (tertiary/aromatic N) is 1. The summed E-state index contributed by atoms with van der Waals surface area (Å²) in [5, 5.41) is 3.03. The topological polar surface area (TPSA) is 114 Å². The summed E-state index contributed by atoms with van der Waals surface area (Å²) < 4.78 is 30.3. The number of carbonyl (C=O) groups excluding carboxylic acids is 2. The Kier molecular flexibility index (Phi) is 59.2. The number of unbranched alkanes of at least 4 members (excludes halogenated alkanes) is 39. The first-order chi connectivity index (χ1) is 39.9. The van der Waals surface area contributed by atoms with E-state index < -0.39 is 26.6 Å². The van der Waals surface area contributed by atoms with Gasteiger partial charge in [0.05, 0.1) is 33.8 Å². The predicted molar refractivity (Wildman–Crippen MR) is 353 cm³/mol. The molecule has 3 atom stereocenters. The van der Waals surface area contributed by atoms with Crippen molar-refractivity contribution in [3.05, 3.63) is 85.1 Å². The zero-order chi connectivity index (χ0) is 60.0. The molecule has 0 radical (unpaired) electrons. The number of esters is 1. The van der Waals surface area contributed by atoms with Crippen molar-refractivity contribution in [2.45, 2.75) is 322 Å². The first-order valence-electron chi connectivity index (χ1n) is 34.5. The van der Waals surface area contributed by atoms with Crippen molar-refractivity contribution < 1.29 is 37.3 Å². The van der Waals surface area contributed by atoms with Crippen LogP contribution in [0.4, 0.5) is 0 Å². The minimum atomic E-state index is -4.72. The van der Waals surface area contributed by atoms with Gasteiger partial charge in [-0.2, -0.15) is 0 Å². The SMILES string of the molecule is CC\C=C/C=C/C=C/C=C\C=C\C=C\CCCCCC(=O)OC(/C=C\CCCCCCCCCCCC)C(COP(=O)([O-])OCC[N+](C)(C)C)NC(=O)CCCCCCCCCCCCCCCCCCCCCCCCCCCCC. The lowest BCUT2D eigenvalue weighted by Gasteiger charge is -2.30. The number of nitrogens with one attached hydrogen (secondary N) is 1. The molecule has 0 spiro atoms. The van der Waals surface area contributed by atoms with Crippen molar-refractivity contribution in [2.24, 2.45) is 0 Å². The number of phosphoric ester groups is 1. The molecule has 82 heavy (non-hydrogen) atoms. The van der Waals surface area contributed by atoms with E-state index >= 15 is 0 Å². The second-order valence-electron chi connectivity index (χ2n) is 24.5. The van der Waals surface area contributed by atoms with Crippen LogP contribution in [0.5, 0.6) is 0 Å². The Morgan fingerprint density at radius 1 is 0.439 bits per heavy atom. The summed E-state index contributed by atoms with van der Waals surface area (Å²) in [6.45, 7) is 6.70. The van der Waals surface area contributed by atoms with Crippen molar-refractivity contribution in [3.8, 4) is 0 Å². The fourth-order valence-electron chi connectivity index (χ4n) is 9.97. The van der Waals surface area contributed by atoms with Crippen molar-refractivity contribution in [3.63, 3.8) is 0 Å². The van der Waals surface area contributed by atoms with E-state index in [0.717, 1.165) is 64.2 Å². The van der Waals surface area contributed by atoms with Gasteiger partial charge >= 0.3 is 5.97 Å². The van der Waals surface area contributed by atoms with Crippen LogP contribution in [-0.2, 0) is 27.9 Å². The zero-order valence-corrected chi connectivity index (χ0v) is 55.3. The van der Waals surface area contributed by atoms with Gasteiger partial charge in [0.15, 0.2) is 0 Å². The highest BCUT2D eigenvalue weighted by Gasteiger charge is 2.27. The first-order valence-corrected chi connectivity index (χ1v) is 35.9. The molecule has 0 aliphatic rings. The number of amides is 1. The molecule has 0 saturated carbocycles. The maximum atomic E-state index is 13.6. The van der Waals surface area contributed by atoms with Crippen LogP contribution >= 0.6 is 7.82 Å². The third-order valence-electron chi connectivity index (χ3n) is 15.3. The van der Waals surface area contributed by atoms with E-state index in [1.165, 1.54) is 205 Å². The van der Waals surface area contributed by atoms with E-state index in [9.17, 15) is 19.0 Å². The highest BCUT2D eigenvalue weighted by molar-refractivity contribution is 7.45. The molecule has 9 nitrogen and oxygen atoms in total. The summed E-state index contributed by atoms with van der Waals surface area (Å²) in [5.41, 5.74) is 0. The minimum Gasteiger partial charge on any atom is -0.756 e. The van der Waals surface area contributed by atoms with Gasteiger partial charge in [-0.15, -0.1) is 0 Å². The van der Waals surface area contributed by atoms with Crippen LogP contribution in [0.2, 0.25) is 0 Å². The van der Waals surface area contributed by atoms with E-state index in [1.807, 2.05) is 94.1 Å². The van der Waals surface area contributed by atoms with Crippen LogP contribution in [0.15, 0.2) is 85.1 Å². The molecular weight excluding hydrogens is 1040 g/mol. The third-order valence-corrected chi connectivity index (χ3v) is 16.2. The normalized spacial score (nSPS) is 14.1. The van der Waals surface area contributed by atoms with E-state index in [2.05, 4.69) is 38.2 Å². The van der Waals surface area contributed by atoms with Crippen molar-refractivity contribution in [2.75, 3.05) is 40.9 Å². The molecule has 0 aliphatic carbocycles. The Morgan fingerprint density at radius 3 is 1.18 bits per heavy atom. The highest BCUT2D eigenvalue weighted by Crippen LogP contribution is 2.38. The first kappa shape index (κ1) is 79.2. The van der Waals surface area contributed by atoms with Crippen LogP contribution in [0.3, 0.4) is 0 Å². The van der Waals surface area contributed by atoms with E-state index in [-0.39, 0.29) is 24.9 Å². The summed E-state index contributed by atoms with van der Waals surface area (Å²) in [6, 6.07) is -0.910. The van der Waals surface area contributed by atoms with Crippen molar-refractivity contribution in [1.82, 2.24) is 5.32 Å². The number of ether oxygens (including phenoxy) is 1. The summed E-state index contributed by atoms with van der Waals surface area (Å²) in [6.07, 6.45) is 81.5. The monoisotopic (exact) mass is 1170 g/mol. The number of carbonyl (C=O) groups is 2. The van der Waals surface area contributed by atoms with Gasteiger partial charge in [-0.05, 0) is 51.0 Å². The Hall–Kier alpha value is -2.81. The minimum absolute atomic E-state index is 0.0320. The van der Waals surface area contributed by atoms with Gasteiger partial charge in [0, 0.05) is 12.8 Å². The number of rotatable bonds is 62. The molecule has 0 saturated heterocycles. The van der Waals surface area contributed by atoms with Crippen LogP contribution in [0.1, 0.15) is 310 Å². The summed E-state index contributed by atoms with van der Waals surface area (Å²) in [4.78, 5) is 40.1. The smallest absolute Gasteiger partial charge is 0.306 e. The molecule has 0 bridgehead atoms. The fraction of sp³-hybridized carbons (Fsp3) is 0.778. The second kappa shape index (κ2) is 61.3. The number of allylic oxidation sites excluding steroid dienone is 13. The van der Waals surface area contributed by atoms with Gasteiger partial charge in [-0.3, -0.25) is 14.2 Å². The number of hydrogen-bond acceptors (Lipinski definition) is 7. The van der Waals surface area contributed by atoms with Gasteiger partial charge < -0.3 is 28.5 Å². The quantitative estimate of drug-likeness (QED) is 0.0161. The zero-order valence-electron chi connectivity index (χ0n) is 54.4. The molecule has 1 N–H and O–H groups in total. The van der Waals surface area contributed by atoms with E-state index in [4.69, 9.17) is 13.8 Å². The predicted octanol–water partition coefficient (Wildman–Crippen LogP) is 21.1. The van der Waals surface area contributed by atoms with Crippen LogP contribution in [0, 0.1) is 0 Å². The fourth-order valence-corrected chi connectivity index (χ4v) is 10.7. The van der Waals surface area contributed by atoms with Gasteiger partial charge in [-0.25, -0.2) is 0 Å². The van der Waals surface area contributed by atoms with Gasteiger partial charge in [0.2, 0.25) is 5.91 Å². The van der Waals surface area contributed by atoms with Crippen molar-refractivity contribution in [1.29, 1.82) is 0 Å². The number of quaternary nitrogens is 1. The molecule has 0 aromatic heterocycles. The molecule has 0 aromatic carbocycles. The Labute approximate surface area is 507 Å². The lowest BCUT2D eigenvalue weighted by molar-refractivity contribution is -0.870. The number of phosphoric acid groups is 1. The van der Waals surface area contributed by atoms with E-state index in [0.29, 0.717) is 23.9 Å². The Balaban J connectivity index is 5.07. The molecule has 1 amide bonds. The molecule has 10 heteroatoms. The lowest BCUT2D eigenvalue weighted by atomic mass is 10.0. The maximum Gasteiger partial charge on any atom is 0.306 e. The molecule has 0 aromatic rings. The average Bonchev–Trinajstić information content (AvgIpc) is 3.44. The van der Waals surface area contributed by atoms with Gasteiger partial charge in [0.25, 0.3) is 7.82 Å². The standard InChI is InChI=1S/C72H131N2O7P/c1-7-10-13-16-19-22-25-28-30-32-33-34-35-36-37-38-39-40-41-43-44-46-49-52-55-58-61-64-71(75)73-69(68-80-82(77,78)79-67-66-74(4,5)6)70(63-60-57-54-51-48-27-24-21-18-15-12-9-3)81-72(76)65-62-59-56-53-50-47-45-42-31-29-26-23-20-17-14-11-8-2/h11,14,17,20,23,26,29,31,42,45,47,50,60,63,69-70H,7-10,12-13,15-16,18-19,21-22,24-25,27-28,30,32-41,43-44,46,48-49,51-59,61-62,64-68H2,1-6H3,(H-,73,75,77,78)/b14-11-,20-17+,26-23+,31-29-,45-42+,50-47+,63-60-. The molecule has 0 rings (SSSR count). The summed E-state index contributed by atoms with van der Waals surface area (Å²) in [7, 11) is 1.16. The van der Waals surface area contributed by atoms with Crippen LogP contribution in [-0.4, -0.2) is 69.4 Å². The van der Waals surface area contributed by atoms with E-state index in [1.54, 1.807) is 0 Å². The maximum absolute atomic E-state index is 13.6. The molecule has 0 heterocycles.